The second-order valence-corrected chi connectivity index (χ2v) is 5.04. The smallest absolute Gasteiger partial charge is 0.326 e. The van der Waals surface area contributed by atoms with Gasteiger partial charge in [0, 0.05) is 31.0 Å². The quantitative estimate of drug-likeness (QED) is 0.576. The second kappa shape index (κ2) is 7.07. The molecule has 1 aliphatic carbocycles. The van der Waals surface area contributed by atoms with E-state index in [1.165, 1.54) is 12.5 Å². The minimum Gasteiger partial charge on any atom is -0.480 e. The topological polar surface area (TPSA) is 116 Å². The van der Waals surface area contributed by atoms with Gasteiger partial charge in [-0.2, -0.15) is 0 Å². The standard InChI is InChI=1S/C13H20N4O4/c1-2-21-10-3-8(4-10)16-13(20)17-11(12(18)19)5-9-6-14-7-15-9/h6-8,10-11H,2-5H2,1H3,(H,14,15)(H,18,19)(H2,16,17,20)/t8?,10?,11-/m0/s1. The van der Waals surface area contributed by atoms with Crippen molar-refractivity contribution in [1.29, 1.82) is 0 Å². The summed E-state index contributed by atoms with van der Waals surface area (Å²) in [6.45, 7) is 2.59. The number of imidazole rings is 1. The number of carbonyl (C=O) groups is 2. The van der Waals surface area contributed by atoms with Gasteiger partial charge in [-0.05, 0) is 19.8 Å². The monoisotopic (exact) mass is 296 g/mol. The zero-order valence-corrected chi connectivity index (χ0v) is 11.8. The SMILES string of the molecule is CCOC1CC(NC(=O)N[C@@H](Cc2cnc[nH]2)C(=O)O)C1. The van der Waals surface area contributed by atoms with Gasteiger partial charge in [0.2, 0.25) is 0 Å². The summed E-state index contributed by atoms with van der Waals surface area (Å²) in [6, 6.07) is -1.42. The fourth-order valence-electron chi connectivity index (χ4n) is 2.26. The van der Waals surface area contributed by atoms with Gasteiger partial charge in [-0.1, -0.05) is 0 Å². The Hall–Kier alpha value is -2.09. The van der Waals surface area contributed by atoms with E-state index in [2.05, 4.69) is 20.6 Å². The molecule has 0 bridgehead atoms. The average molecular weight is 296 g/mol. The molecule has 1 saturated carbocycles. The molecule has 0 aromatic carbocycles. The first-order valence-electron chi connectivity index (χ1n) is 6.97. The Morgan fingerprint density at radius 3 is 2.90 bits per heavy atom. The van der Waals surface area contributed by atoms with Gasteiger partial charge < -0.3 is 25.5 Å². The molecule has 0 spiro atoms. The van der Waals surface area contributed by atoms with Crippen LogP contribution in [0.4, 0.5) is 4.79 Å². The maximum atomic E-state index is 11.8. The van der Waals surface area contributed by atoms with Crippen molar-refractivity contribution in [3.63, 3.8) is 0 Å². The highest BCUT2D eigenvalue weighted by atomic mass is 16.5. The highest BCUT2D eigenvalue weighted by Crippen LogP contribution is 2.22. The lowest BCUT2D eigenvalue weighted by Gasteiger charge is -2.35. The first-order valence-corrected chi connectivity index (χ1v) is 6.97. The Morgan fingerprint density at radius 1 is 1.57 bits per heavy atom. The molecule has 8 nitrogen and oxygen atoms in total. The Morgan fingerprint density at radius 2 is 2.33 bits per heavy atom. The molecule has 1 aliphatic rings. The van der Waals surface area contributed by atoms with Gasteiger partial charge in [-0.15, -0.1) is 0 Å². The molecule has 1 aromatic heterocycles. The van der Waals surface area contributed by atoms with Crippen LogP contribution in [-0.2, 0) is 16.0 Å². The number of H-pyrrole nitrogens is 1. The molecule has 4 N–H and O–H groups in total. The highest BCUT2D eigenvalue weighted by molar-refractivity contribution is 5.82. The lowest BCUT2D eigenvalue weighted by molar-refractivity contribution is -0.139. The third kappa shape index (κ3) is 4.45. The zero-order chi connectivity index (χ0) is 15.2. The summed E-state index contributed by atoms with van der Waals surface area (Å²) in [4.78, 5) is 29.6. The van der Waals surface area contributed by atoms with Crippen LogP contribution in [0.1, 0.15) is 25.5 Å². The van der Waals surface area contributed by atoms with Crippen molar-refractivity contribution in [2.24, 2.45) is 0 Å². The van der Waals surface area contributed by atoms with Gasteiger partial charge in [0.25, 0.3) is 0 Å². The van der Waals surface area contributed by atoms with Crippen LogP contribution >= 0.6 is 0 Å². The van der Waals surface area contributed by atoms with Crippen molar-refractivity contribution in [2.75, 3.05) is 6.61 Å². The molecular formula is C13H20N4O4. The summed E-state index contributed by atoms with van der Waals surface area (Å²) < 4.78 is 5.40. The maximum Gasteiger partial charge on any atom is 0.326 e. The Bertz CT molecular complexity index is 471. The summed E-state index contributed by atoms with van der Waals surface area (Å²) >= 11 is 0. The maximum absolute atomic E-state index is 11.8. The van der Waals surface area contributed by atoms with Crippen LogP contribution in [0.3, 0.4) is 0 Å². The number of urea groups is 1. The second-order valence-electron chi connectivity index (χ2n) is 5.04. The molecule has 2 rings (SSSR count). The van der Waals surface area contributed by atoms with Gasteiger partial charge >= 0.3 is 12.0 Å². The van der Waals surface area contributed by atoms with E-state index in [-0.39, 0.29) is 18.6 Å². The van der Waals surface area contributed by atoms with Crippen LogP contribution in [-0.4, -0.2) is 51.9 Å². The molecule has 21 heavy (non-hydrogen) atoms. The number of aromatic nitrogens is 2. The van der Waals surface area contributed by atoms with Crippen LogP contribution in [0, 0.1) is 0 Å². The third-order valence-electron chi connectivity index (χ3n) is 3.41. The van der Waals surface area contributed by atoms with Crippen LogP contribution in [0.2, 0.25) is 0 Å². The fraction of sp³-hybridized carbons (Fsp3) is 0.615. The normalized spacial score (nSPS) is 22.1. The molecule has 2 amide bonds. The molecule has 8 heteroatoms. The molecular weight excluding hydrogens is 276 g/mol. The van der Waals surface area contributed by atoms with Crippen LogP contribution < -0.4 is 10.6 Å². The molecule has 0 saturated heterocycles. The number of aliphatic carboxylic acids is 1. The van der Waals surface area contributed by atoms with Crippen molar-refractivity contribution in [3.05, 3.63) is 18.2 Å². The zero-order valence-electron chi connectivity index (χ0n) is 11.8. The number of hydrogen-bond acceptors (Lipinski definition) is 4. The third-order valence-corrected chi connectivity index (χ3v) is 3.41. The van der Waals surface area contributed by atoms with E-state index in [0.29, 0.717) is 12.3 Å². The molecule has 0 aliphatic heterocycles. The summed E-state index contributed by atoms with van der Waals surface area (Å²) in [5, 5.41) is 14.4. The lowest BCUT2D eigenvalue weighted by atomic mass is 9.89. The summed E-state index contributed by atoms with van der Waals surface area (Å²) in [5.74, 6) is -1.08. The molecule has 1 fully saturated rings. The van der Waals surface area contributed by atoms with E-state index in [9.17, 15) is 9.59 Å². The Kier molecular flexibility index (Phi) is 5.15. The number of amides is 2. The number of rotatable bonds is 7. The largest absolute Gasteiger partial charge is 0.480 e. The van der Waals surface area contributed by atoms with E-state index >= 15 is 0 Å². The number of carboxylic acid groups (broad SMARTS) is 1. The highest BCUT2D eigenvalue weighted by Gasteiger charge is 2.31. The van der Waals surface area contributed by atoms with Crippen LogP contribution in [0.25, 0.3) is 0 Å². The number of hydrogen-bond donors (Lipinski definition) is 4. The number of nitrogens with one attached hydrogen (secondary N) is 3. The molecule has 1 atom stereocenters. The summed E-state index contributed by atoms with van der Waals surface area (Å²) in [7, 11) is 0. The van der Waals surface area contributed by atoms with Crippen LogP contribution in [0.15, 0.2) is 12.5 Å². The van der Waals surface area contributed by atoms with E-state index in [1.54, 1.807) is 0 Å². The van der Waals surface area contributed by atoms with Crippen molar-refractivity contribution in [2.45, 2.75) is 44.4 Å². The molecule has 1 heterocycles. The number of ether oxygens (including phenoxy) is 1. The van der Waals surface area contributed by atoms with E-state index in [1.807, 2.05) is 6.92 Å². The van der Waals surface area contributed by atoms with E-state index < -0.39 is 18.0 Å². The van der Waals surface area contributed by atoms with Crippen molar-refractivity contribution in [3.8, 4) is 0 Å². The van der Waals surface area contributed by atoms with Gasteiger partial charge in [0.05, 0.1) is 12.4 Å². The lowest BCUT2D eigenvalue weighted by Crippen LogP contribution is -2.54. The number of carbonyl (C=O) groups excluding carboxylic acids is 1. The Labute approximate surface area is 122 Å². The first-order chi connectivity index (χ1) is 10.1. The summed E-state index contributed by atoms with van der Waals surface area (Å²) in [6.07, 6.45) is 4.89. The number of nitrogens with zero attached hydrogens (tertiary/aromatic N) is 1. The van der Waals surface area contributed by atoms with Crippen molar-refractivity contribution < 1.29 is 19.4 Å². The van der Waals surface area contributed by atoms with Gasteiger partial charge in [-0.3, -0.25) is 0 Å². The van der Waals surface area contributed by atoms with E-state index in [4.69, 9.17) is 9.84 Å². The fourth-order valence-corrected chi connectivity index (χ4v) is 2.26. The predicted octanol–water partition coefficient (Wildman–Crippen LogP) is 0.272. The van der Waals surface area contributed by atoms with Gasteiger partial charge in [-0.25, -0.2) is 14.6 Å². The Balaban J connectivity index is 1.75. The predicted molar refractivity (Wildman–Crippen MR) is 73.8 cm³/mol. The van der Waals surface area contributed by atoms with Crippen LogP contribution in [0.5, 0.6) is 0 Å². The molecule has 1 aromatic rings. The molecule has 0 unspecified atom stereocenters. The minimum absolute atomic E-state index is 0.0446. The summed E-state index contributed by atoms with van der Waals surface area (Å²) in [5.41, 5.74) is 0.655. The minimum atomic E-state index is -1.08. The van der Waals surface area contributed by atoms with Gasteiger partial charge in [0.15, 0.2) is 0 Å². The molecule has 0 radical (unpaired) electrons. The van der Waals surface area contributed by atoms with Gasteiger partial charge in [0.1, 0.15) is 6.04 Å². The number of aromatic amines is 1. The average Bonchev–Trinajstić information content (AvgIpc) is 2.88. The van der Waals surface area contributed by atoms with E-state index in [0.717, 1.165) is 12.8 Å². The first kappa shape index (κ1) is 15.3. The number of carboxylic acids is 1. The molecule has 116 valence electrons. The van der Waals surface area contributed by atoms with Crippen molar-refractivity contribution >= 4 is 12.0 Å². The van der Waals surface area contributed by atoms with Crippen molar-refractivity contribution in [1.82, 2.24) is 20.6 Å².